The van der Waals surface area contributed by atoms with Crippen LogP contribution in [0, 0.1) is 5.92 Å². The quantitative estimate of drug-likeness (QED) is 0.837. The van der Waals surface area contributed by atoms with Crippen LogP contribution in [0.4, 0.5) is 4.79 Å². The molecule has 2 rings (SSSR count). The SMILES string of the molecule is CCC1CN(C(=O)NC(C(=O)O)C2CCCCC2)CCS1. The highest BCUT2D eigenvalue weighted by molar-refractivity contribution is 8.00. The van der Waals surface area contributed by atoms with Crippen LogP contribution in [0.25, 0.3) is 0 Å². The third kappa shape index (κ3) is 4.53. The number of carbonyl (C=O) groups is 2. The predicted octanol–water partition coefficient (Wildman–Crippen LogP) is 2.56. The molecule has 2 unspecified atom stereocenters. The first-order chi connectivity index (χ1) is 10.1. The van der Waals surface area contributed by atoms with Crippen LogP contribution >= 0.6 is 11.8 Å². The van der Waals surface area contributed by atoms with E-state index in [4.69, 9.17) is 0 Å². The normalized spacial score (nSPS) is 25.4. The Kier molecular flexibility index (Phi) is 6.21. The first-order valence-electron chi connectivity index (χ1n) is 8.01. The van der Waals surface area contributed by atoms with Crippen LogP contribution in [0.1, 0.15) is 45.4 Å². The fourth-order valence-corrected chi connectivity index (χ4v) is 4.40. The van der Waals surface area contributed by atoms with Crippen molar-refractivity contribution < 1.29 is 14.7 Å². The Bertz CT molecular complexity index is 372. The second kappa shape index (κ2) is 7.92. The zero-order valence-corrected chi connectivity index (χ0v) is 13.5. The minimum atomic E-state index is -0.895. The summed E-state index contributed by atoms with van der Waals surface area (Å²) in [4.78, 5) is 25.6. The zero-order valence-electron chi connectivity index (χ0n) is 12.7. The van der Waals surface area contributed by atoms with Crippen LogP contribution in [0.5, 0.6) is 0 Å². The Morgan fingerprint density at radius 1 is 1.33 bits per heavy atom. The standard InChI is InChI=1S/C15H26N2O3S/c1-2-12-10-17(8-9-21-12)15(20)16-13(14(18)19)11-6-4-3-5-7-11/h11-13H,2-10H2,1H3,(H,16,20)(H,18,19). The molecule has 5 nitrogen and oxygen atoms in total. The molecule has 1 aliphatic carbocycles. The molecule has 1 saturated heterocycles. The van der Waals surface area contributed by atoms with Gasteiger partial charge in [-0.15, -0.1) is 0 Å². The minimum Gasteiger partial charge on any atom is -0.480 e. The molecule has 0 radical (unpaired) electrons. The minimum absolute atomic E-state index is 0.0846. The first-order valence-corrected chi connectivity index (χ1v) is 9.06. The zero-order chi connectivity index (χ0) is 15.2. The van der Waals surface area contributed by atoms with Gasteiger partial charge in [0, 0.05) is 24.1 Å². The Morgan fingerprint density at radius 2 is 2.05 bits per heavy atom. The Labute approximate surface area is 130 Å². The van der Waals surface area contributed by atoms with Crippen molar-refractivity contribution in [3.8, 4) is 0 Å². The Morgan fingerprint density at radius 3 is 2.67 bits per heavy atom. The van der Waals surface area contributed by atoms with Crippen molar-refractivity contribution in [1.82, 2.24) is 10.2 Å². The van der Waals surface area contributed by atoms with E-state index in [1.54, 1.807) is 4.90 Å². The number of hydrogen-bond acceptors (Lipinski definition) is 3. The molecule has 0 aromatic carbocycles. The number of nitrogens with one attached hydrogen (secondary N) is 1. The van der Waals surface area contributed by atoms with E-state index in [-0.39, 0.29) is 11.9 Å². The highest BCUT2D eigenvalue weighted by Gasteiger charge is 2.33. The number of aliphatic carboxylic acids is 1. The van der Waals surface area contributed by atoms with Crippen molar-refractivity contribution in [2.24, 2.45) is 5.92 Å². The number of carboxylic acids is 1. The molecule has 0 bridgehead atoms. The summed E-state index contributed by atoms with van der Waals surface area (Å²) < 4.78 is 0. The average molecular weight is 314 g/mol. The predicted molar refractivity (Wildman–Crippen MR) is 84.6 cm³/mol. The van der Waals surface area contributed by atoms with Crippen molar-refractivity contribution >= 4 is 23.8 Å². The van der Waals surface area contributed by atoms with Crippen molar-refractivity contribution in [3.63, 3.8) is 0 Å². The van der Waals surface area contributed by atoms with Gasteiger partial charge in [-0.25, -0.2) is 9.59 Å². The lowest BCUT2D eigenvalue weighted by Gasteiger charge is -2.34. The number of nitrogens with zero attached hydrogens (tertiary/aromatic N) is 1. The fourth-order valence-electron chi connectivity index (χ4n) is 3.22. The molecule has 2 aliphatic rings. The molecule has 0 aromatic rings. The summed E-state index contributed by atoms with van der Waals surface area (Å²) >= 11 is 1.90. The third-order valence-electron chi connectivity index (χ3n) is 4.55. The summed E-state index contributed by atoms with van der Waals surface area (Å²) in [5.41, 5.74) is 0. The molecule has 0 aromatic heterocycles. The molecule has 1 saturated carbocycles. The monoisotopic (exact) mass is 314 g/mol. The van der Waals surface area contributed by atoms with Gasteiger partial charge in [-0.3, -0.25) is 0 Å². The molecular weight excluding hydrogens is 288 g/mol. The van der Waals surface area contributed by atoms with Gasteiger partial charge in [0.25, 0.3) is 0 Å². The smallest absolute Gasteiger partial charge is 0.326 e. The van der Waals surface area contributed by atoms with Crippen LogP contribution in [-0.2, 0) is 4.79 Å². The van der Waals surface area contributed by atoms with Gasteiger partial charge < -0.3 is 15.3 Å². The number of carbonyl (C=O) groups excluding carboxylic acids is 1. The molecule has 0 spiro atoms. The summed E-state index contributed by atoms with van der Waals surface area (Å²) in [5.74, 6) is 0.127. The number of amides is 2. The van der Waals surface area contributed by atoms with E-state index in [0.717, 1.165) is 44.4 Å². The first kappa shape index (κ1) is 16.5. The van der Waals surface area contributed by atoms with E-state index in [2.05, 4.69) is 12.2 Å². The fraction of sp³-hybridized carbons (Fsp3) is 0.867. The maximum absolute atomic E-state index is 12.4. The van der Waals surface area contributed by atoms with Crippen molar-refractivity contribution in [3.05, 3.63) is 0 Å². The van der Waals surface area contributed by atoms with Crippen LogP contribution in [0.3, 0.4) is 0 Å². The van der Waals surface area contributed by atoms with Crippen molar-refractivity contribution in [1.29, 1.82) is 0 Å². The molecule has 2 amide bonds. The van der Waals surface area contributed by atoms with E-state index >= 15 is 0 Å². The molecular formula is C15H26N2O3S. The molecule has 21 heavy (non-hydrogen) atoms. The lowest BCUT2D eigenvalue weighted by Crippen LogP contribution is -2.54. The third-order valence-corrected chi connectivity index (χ3v) is 5.92. The van der Waals surface area contributed by atoms with Gasteiger partial charge in [0.1, 0.15) is 6.04 Å². The molecule has 2 fully saturated rings. The number of carboxylic acid groups (broad SMARTS) is 1. The van der Waals surface area contributed by atoms with Gasteiger partial charge in [-0.1, -0.05) is 26.2 Å². The van der Waals surface area contributed by atoms with Crippen LogP contribution in [0.2, 0.25) is 0 Å². The number of thioether (sulfide) groups is 1. The summed E-state index contributed by atoms with van der Waals surface area (Å²) in [7, 11) is 0. The lowest BCUT2D eigenvalue weighted by atomic mass is 9.84. The second-order valence-electron chi connectivity index (χ2n) is 6.01. The van der Waals surface area contributed by atoms with Gasteiger partial charge in [0.15, 0.2) is 0 Å². The van der Waals surface area contributed by atoms with Crippen LogP contribution in [0.15, 0.2) is 0 Å². The van der Waals surface area contributed by atoms with E-state index in [9.17, 15) is 14.7 Å². The summed E-state index contributed by atoms with van der Waals surface area (Å²) in [6, 6.07) is -0.931. The Balaban J connectivity index is 1.92. The van der Waals surface area contributed by atoms with Crippen LogP contribution in [-0.4, -0.2) is 52.1 Å². The van der Waals surface area contributed by atoms with Gasteiger partial charge in [0.05, 0.1) is 0 Å². The summed E-state index contributed by atoms with van der Waals surface area (Å²) in [6.07, 6.45) is 6.18. The van der Waals surface area contributed by atoms with Gasteiger partial charge >= 0.3 is 12.0 Å². The molecule has 1 aliphatic heterocycles. The largest absolute Gasteiger partial charge is 0.480 e. The average Bonchev–Trinajstić information content (AvgIpc) is 2.53. The number of urea groups is 1. The number of rotatable bonds is 4. The van der Waals surface area contributed by atoms with E-state index in [1.807, 2.05) is 11.8 Å². The molecule has 2 N–H and O–H groups in total. The second-order valence-corrected chi connectivity index (χ2v) is 7.42. The van der Waals surface area contributed by atoms with E-state index < -0.39 is 12.0 Å². The summed E-state index contributed by atoms with van der Waals surface area (Å²) in [5, 5.41) is 12.7. The highest BCUT2D eigenvalue weighted by Crippen LogP contribution is 2.27. The van der Waals surface area contributed by atoms with Crippen molar-refractivity contribution in [2.75, 3.05) is 18.8 Å². The Hall–Kier alpha value is -0.910. The van der Waals surface area contributed by atoms with E-state index in [0.29, 0.717) is 11.8 Å². The molecule has 2 atom stereocenters. The van der Waals surface area contributed by atoms with Gasteiger partial charge in [-0.05, 0) is 25.2 Å². The maximum Gasteiger partial charge on any atom is 0.326 e. The van der Waals surface area contributed by atoms with Crippen molar-refractivity contribution in [2.45, 2.75) is 56.7 Å². The molecule has 120 valence electrons. The molecule has 1 heterocycles. The highest BCUT2D eigenvalue weighted by atomic mass is 32.2. The van der Waals surface area contributed by atoms with Gasteiger partial charge in [0.2, 0.25) is 0 Å². The summed E-state index contributed by atoms with van der Waals surface area (Å²) in [6.45, 7) is 3.56. The van der Waals surface area contributed by atoms with Crippen LogP contribution < -0.4 is 5.32 Å². The topological polar surface area (TPSA) is 69.6 Å². The number of hydrogen-bond donors (Lipinski definition) is 2. The lowest BCUT2D eigenvalue weighted by molar-refractivity contribution is -0.141. The van der Waals surface area contributed by atoms with E-state index in [1.165, 1.54) is 6.42 Å². The molecule has 6 heteroatoms. The maximum atomic E-state index is 12.4. The van der Waals surface area contributed by atoms with Gasteiger partial charge in [-0.2, -0.15) is 11.8 Å².